The predicted molar refractivity (Wildman–Crippen MR) is 71.7 cm³/mol. The summed E-state index contributed by atoms with van der Waals surface area (Å²) in [4.78, 5) is 4.28. The first kappa shape index (κ1) is 13.1. The van der Waals surface area contributed by atoms with Gasteiger partial charge in [-0.05, 0) is 39.3 Å². The van der Waals surface area contributed by atoms with Crippen LogP contribution in [0.5, 0.6) is 0 Å². The molecular formula is C14H16N4O. The fraction of sp³-hybridized carbons (Fsp3) is 0.357. The number of rotatable bonds is 3. The van der Waals surface area contributed by atoms with Crippen molar-refractivity contribution in [2.45, 2.75) is 33.7 Å². The SMILES string of the molecule is Cc1ccc(NC(C)c2c(C)noc2C)nc1C#N. The maximum Gasteiger partial charge on any atom is 0.145 e. The van der Waals surface area contributed by atoms with E-state index in [0.717, 1.165) is 22.6 Å². The van der Waals surface area contributed by atoms with Gasteiger partial charge in [-0.25, -0.2) is 4.98 Å². The summed E-state index contributed by atoms with van der Waals surface area (Å²) in [7, 11) is 0. The molecule has 2 rings (SSSR count). The maximum absolute atomic E-state index is 8.98. The Bertz CT molecular complexity index is 620. The van der Waals surface area contributed by atoms with Crippen molar-refractivity contribution in [1.82, 2.24) is 10.1 Å². The molecule has 1 N–H and O–H groups in total. The van der Waals surface area contributed by atoms with Gasteiger partial charge in [0.05, 0.1) is 11.7 Å². The van der Waals surface area contributed by atoms with Crippen molar-refractivity contribution in [2.75, 3.05) is 5.32 Å². The van der Waals surface area contributed by atoms with E-state index in [1.807, 2.05) is 39.8 Å². The molecule has 5 nitrogen and oxygen atoms in total. The normalized spacial score (nSPS) is 11.9. The standard InChI is InChI=1S/C14H16N4O/c1-8-5-6-13(17-12(8)7-15)16-9(2)14-10(3)18-19-11(14)4/h5-6,9H,1-4H3,(H,16,17). The van der Waals surface area contributed by atoms with Crippen LogP contribution in [0.2, 0.25) is 0 Å². The zero-order valence-electron chi connectivity index (χ0n) is 11.5. The molecule has 5 heteroatoms. The average Bonchev–Trinajstić information content (AvgIpc) is 2.71. The van der Waals surface area contributed by atoms with Crippen molar-refractivity contribution >= 4 is 5.82 Å². The van der Waals surface area contributed by atoms with Crippen molar-refractivity contribution in [3.05, 3.63) is 40.4 Å². The van der Waals surface area contributed by atoms with E-state index >= 15 is 0 Å². The van der Waals surface area contributed by atoms with Crippen molar-refractivity contribution in [3.63, 3.8) is 0 Å². The first-order valence-corrected chi connectivity index (χ1v) is 6.10. The Morgan fingerprint density at radius 3 is 2.63 bits per heavy atom. The molecule has 0 spiro atoms. The Labute approximate surface area is 112 Å². The molecule has 2 heterocycles. The highest BCUT2D eigenvalue weighted by atomic mass is 16.5. The summed E-state index contributed by atoms with van der Waals surface area (Å²) >= 11 is 0. The molecule has 0 bridgehead atoms. The van der Waals surface area contributed by atoms with Crippen LogP contribution in [0, 0.1) is 32.1 Å². The van der Waals surface area contributed by atoms with E-state index < -0.39 is 0 Å². The number of nitrogens with zero attached hydrogens (tertiary/aromatic N) is 3. The number of hydrogen-bond donors (Lipinski definition) is 1. The van der Waals surface area contributed by atoms with Gasteiger partial charge in [0.1, 0.15) is 23.3 Å². The lowest BCUT2D eigenvalue weighted by Gasteiger charge is -2.14. The molecular weight excluding hydrogens is 240 g/mol. The quantitative estimate of drug-likeness (QED) is 0.913. The number of anilines is 1. The monoisotopic (exact) mass is 256 g/mol. The zero-order valence-corrected chi connectivity index (χ0v) is 11.5. The molecule has 0 amide bonds. The van der Waals surface area contributed by atoms with Crippen LogP contribution in [-0.4, -0.2) is 10.1 Å². The smallest absolute Gasteiger partial charge is 0.145 e. The molecule has 0 aliphatic carbocycles. The molecule has 2 aromatic rings. The third-order valence-electron chi connectivity index (χ3n) is 3.09. The van der Waals surface area contributed by atoms with E-state index in [1.165, 1.54) is 0 Å². The summed E-state index contributed by atoms with van der Waals surface area (Å²) in [5, 5.41) is 16.2. The fourth-order valence-electron chi connectivity index (χ4n) is 2.12. The minimum absolute atomic E-state index is 0.0213. The maximum atomic E-state index is 8.98. The molecule has 0 saturated carbocycles. The van der Waals surface area contributed by atoms with Crippen LogP contribution in [0.1, 0.15) is 41.2 Å². The van der Waals surface area contributed by atoms with E-state index in [9.17, 15) is 0 Å². The van der Waals surface area contributed by atoms with Gasteiger partial charge < -0.3 is 9.84 Å². The molecule has 1 atom stereocenters. The average molecular weight is 256 g/mol. The molecule has 0 radical (unpaired) electrons. The summed E-state index contributed by atoms with van der Waals surface area (Å²) in [5.41, 5.74) is 3.21. The van der Waals surface area contributed by atoms with Gasteiger partial charge in [0.15, 0.2) is 0 Å². The van der Waals surface area contributed by atoms with Crippen molar-refractivity contribution in [2.24, 2.45) is 0 Å². The number of pyridine rings is 1. The first-order valence-electron chi connectivity index (χ1n) is 6.10. The lowest BCUT2D eigenvalue weighted by Crippen LogP contribution is -2.10. The Morgan fingerprint density at radius 2 is 2.05 bits per heavy atom. The minimum atomic E-state index is 0.0213. The molecule has 0 aliphatic rings. The van der Waals surface area contributed by atoms with Crippen molar-refractivity contribution < 1.29 is 4.52 Å². The summed E-state index contributed by atoms with van der Waals surface area (Å²) in [6.07, 6.45) is 0. The number of nitrogens with one attached hydrogen (secondary N) is 1. The van der Waals surface area contributed by atoms with Gasteiger partial charge >= 0.3 is 0 Å². The van der Waals surface area contributed by atoms with E-state index in [1.54, 1.807) is 0 Å². The van der Waals surface area contributed by atoms with Gasteiger partial charge in [-0.15, -0.1) is 0 Å². The van der Waals surface area contributed by atoms with Crippen LogP contribution in [0.4, 0.5) is 5.82 Å². The molecule has 2 aromatic heterocycles. The van der Waals surface area contributed by atoms with Gasteiger partial charge in [-0.2, -0.15) is 5.26 Å². The Hall–Kier alpha value is -2.35. The number of aryl methyl sites for hydroxylation is 3. The first-order chi connectivity index (χ1) is 9.02. The van der Waals surface area contributed by atoms with E-state index in [-0.39, 0.29) is 6.04 Å². The van der Waals surface area contributed by atoms with E-state index in [4.69, 9.17) is 9.78 Å². The molecule has 0 saturated heterocycles. The summed E-state index contributed by atoms with van der Waals surface area (Å²) < 4.78 is 5.16. The van der Waals surface area contributed by atoms with Crippen LogP contribution in [0.15, 0.2) is 16.7 Å². The number of hydrogen-bond acceptors (Lipinski definition) is 5. The van der Waals surface area contributed by atoms with Crippen LogP contribution in [-0.2, 0) is 0 Å². The van der Waals surface area contributed by atoms with Gasteiger partial charge in [0.25, 0.3) is 0 Å². The molecule has 1 unspecified atom stereocenters. The second kappa shape index (κ2) is 5.11. The van der Waals surface area contributed by atoms with Crippen molar-refractivity contribution in [3.8, 4) is 6.07 Å². The molecule has 0 aromatic carbocycles. The third-order valence-corrected chi connectivity index (χ3v) is 3.09. The van der Waals surface area contributed by atoms with Crippen LogP contribution in [0.3, 0.4) is 0 Å². The molecule has 0 fully saturated rings. The second-order valence-electron chi connectivity index (χ2n) is 4.58. The Kier molecular flexibility index (Phi) is 3.52. The predicted octanol–water partition coefficient (Wildman–Crippen LogP) is 3.04. The zero-order chi connectivity index (χ0) is 14.0. The third kappa shape index (κ3) is 2.58. The summed E-state index contributed by atoms with van der Waals surface area (Å²) in [6, 6.07) is 5.85. The lowest BCUT2D eigenvalue weighted by molar-refractivity contribution is 0.392. The van der Waals surface area contributed by atoms with Gasteiger partial charge in [-0.1, -0.05) is 11.2 Å². The van der Waals surface area contributed by atoms with Crippen LogP contribution in [0.25, 0.3) is 0 Å². The fourth-order valence-corrected chi connectivity index (χ4v) is 2.12. The molecule has 0 aliphatic heterocycles. The highest BCUT2D eigenvalue weighted by molar-refractivity contribution is 5.44. The number of aromatic nitrogens is 2. The lowest BCUT2D eigenvalue weighted by atomic mass is 10.1. The topological polar surface area (TPSA) is 74.7 Å². The van der Waals surface area contributed by atoms with Gasteiger partial charge in [-0.3, -0.25) is 0 Å². The van der Waals surface area contributed by atoms with Gasteiger partial charge in [0, 0.05) is 5.56 Å². The largest absolute Gasteiger partial charge is 0.363 e. The van der Waals surface area contributed by atoms with Crippen LogP contribution < -0.4 is 5.32 Å². The van der Waals surface area contributed by atoms with E-state index in [2.05, 4.69) is 21.5 Å². The Balaban J connectivity index is 2.25. The second-order valence-corrected chi connectivity index (χ2v) is 4.58. The highest BCUT2D eigenvalue weighted by Crippen LogP contribution is 2.24. The minimum Gasteiger partial charge on any atom is -0.363 e. The summed E-state index contributed by atoms with van der Waals surface area (Å²) in [5.74, 6) is 1.47. The van der Waals surface area contributed by atoms with Gasteiger partial charge in [0.2, 0.25) is 0 Å². The number of nitriles is 1. The highest BCUT2D eigenvalue weighted by Gasteiger charge is 2.16. The van der Waals surface area contributed by atoms with Crippen molar-refractivity contribution in [1.29, 1.82) is 5.26 Å². The van der Waals surface area contributed by atoms with Crippen LogP contribution >= 0.6 is 0 Å². The summed E-state index contributed by atoms with van der Waals surface area (Å²) in [6.45, 7) is 7.68. The molecule has 98 valence electrons. The Morgan fingerprint density at radius 1 is 1.32 bits per heavy atom. The van der Waals surface area contributed by atoms with E-state index in [0.29, 0.717) is 11.5 Å². The molecule has 19 heavy (non-hydrogen) atoms.